The second-order valence-electron chi connectivity index (χ2n) is 4.09. The number of hydrogen-bond acceptors (Lipinski definition) is 2. The number of aliphatic carboxylic acids is 1. The third kappa shape index (κ3) is 4.06. The molecule has 0 spiro atoms. The molecule has 0 amide bonds. The predicted octanol–water partition coefficient (Wildman–Crippen LogP) is 1.63. The summed E-state index contributed by atoms with van der Waals surface area (Å²) in [6, 6.07) is 3.99. The van der Waals surface area contributed by atoms with Gasteiger partial charge in [0.05, 0.1) is 0 Å². The lowest BCUT2D eigenvalue weighted by Gasteiger charge is -2.12. The summed E-state index contributed by atoms with van der Waals surface area (Å²) in [6.45, 7) is 3.13. The summed E-state index contributed by atoms with van der Waals surface area (Å²) in [6.07, 6.45) is 4.57. The minimum Gasteiger partial charge on any atom is -0.481 e. The van der Waals surface area contributed by atoms with E-state index >= 15 is 0 Å². The summed E-state index contributed by atoms with van der Waals surface area (Å²) in [5, 5.41) is 8.57. The molecule has 0 saturated heterocycles. The fourth-order valence-electron chi connectivity index (χ4n) is 1.77. The fraction of sp³-hybridized carbons (Fsp3) is 0.583. The van der Waals surface area contributed by atoms with Crippen molar-refractivity contribution >= 4 is 5.97 Å². The lowest BCUT2D eigenvalue weighted by Crippen LogP contribution is -2.25. The Morgan fingerprint density at radius 2 is 2.38 bits per heavy atom. The van der Waals surface area contributed by atoms with Crippen molar-refractivity contribution in [2.75, 3.05) is 0 Å². The smallest absolute Gasteiger partial charge is 0.303 e. The highest BCUT2D eigenvalue weighted by atomic mass is 16.4. The molecule has 1 rings (SSSR count). The third-order valence-corrected chi connectivity index (χ3v) is 2.59. The van der Waals surface area contributed by atoms with Crippen LogP contribution in [0.25, 0.3) is 0 Å². The number of hydrogen-bond donors (Lipinski definition) is 2. The van der Waals surface area contributed by atoms with Crippen molar-refractivity contribution in [1.29, 1.82) is 0 Å². The number of nitrogens with two attached hydrogens (primary N) is 1. The van der Waals surface area contributed by atoms with Gasteiger partial charge >= 0.3 is 5.97 Å². The fourth-order valence-corrected chi connectivity index (χ4v) is 1.77. The number of carboxylic acid groups (broad SMARTS) is 1. The molecule has 3 N–H and O–H groups in total. The minimum atomic E-state index is -0.778. The van der Waals surface area contributed by atoms with Crippen LogP contribution < -0.4 is 5.73 Å². The summed E-state index contributed by atoms with van der Waals surface area (Å²) < 4.78 is 2.18. The van der Waals surface area contributed by atoms with E-state index in [0.29, 0.717) is 6.42 Å². The molecule has 16 heavy (non-hydrogen) atoms. The van der Waals surface area contributed by atoms with Crippen LogP contribution >= 0.6 is 0 Å². The molecule has 0 bridgehead atoms. The molecule has 0 fully saturated rings. The van der Waals surface area contributed by atoms with E-state index in [0.717, 1.165) is 19.4 Å². The molecule has 0 aliphatic carbocycles. The van der Waals surface area contributed by atoms with Crippen LogP contribution in [0.4, 0.5) is 0 Å². The average Bonchev–Trinajstić information content (AvgIpc) is 2.63. The highest BCUT2D eigenvalue weighted by molar-refractivity contribution is 5.66. The van der Waals surface area contributed by atoms with E-state index in [2.05, 4.69) is 17.6 Å². The normalized spacial score (nSPS) is 12.6. The van der Waals surface area contributed by atoms with Crippen LogP contribution in [0.15, 0.2) is 18.3 Å². The molecule has 1 aromatic heterocycles. The largest absolute Gasteiger partial charge is 0.481 e. The monoisotopic (exact) mass is 224 g/mol. The van der Waals surface area contributed by atoms with Crippen molar-refractivity contribution in [3.05, 3.63) is 24.0 Å². The van der Waals surface area contributed by atoms with Gasteiger partial charge in [0, 0.05) is 37.3 Å². The summed E-state index contributed by atoms with van der Waals surface area (Å²) in [5.74, 6) is -0.778. The zero-order valence-electron chi connectivity index (χ0n) is 9.72. The van der Waals surface area contributed by atoms with E-state index in [1.807, 2.05) is 12.3 Å². The second-order valence-corrected chi connectivity index (χ2v) is 4.09. The maximum absolute atomic E-state index is 10.4. The van der Waals surface area contributed by atoms with E-state index in [4.69, 9.17) is 10.8 Å². The van der Waals surface area contributed by atoms with Gasteiger partial charge < -0.3 is 15.4 Å². The average molecular weight is 224 g/mol. The number of carbonyl (C=O) groups is 1. The second kappa shape index (κ2) is 6.33. The predicted molar refractivity (Wildman–Crippen MR) is 63.3 cm³/mol. The molecule has 0 saturated carbocycles. The zero-order chi connectivity index (χ0) is 12.0. The van der Waals surface area contributed by atoms with Gasteiger partial charge in [-0.15, -0.1) is 0 Å². The number of rotatable bonds is 7. The molecule has 4 nitrogen and oxygen atoms in total. The minimum absolute atomic E-state index is 0.0680. The Kier molecular flexibility index (Phi) is 5.05. The van der Waals surface area contributed by atoms with Crippen molar-refractivity contribution in [2.24, 2.45) is 5.73 Å². The van der Waals surface area contributed by atoms with Gasteiger partial charge in [-0.3, -0.25) is 4.79 Å². The first-order valence-corrected chi connectivity index (χ1v) is 5.75. The van der Waals surface area contributed by atoms with Crippen molar-refractivity contribution in [1.82, 2.24) is 4.57 Å². The number of aryl methyl sites for hydroxylation is 1. The van der Waals surface area contributed by atoms with Crippen LogP contribution in [0.2, 0.25) is 0 Å². The van der Waals surface area contributed by atoms with E-state index < -0.39 is 5.97 Å². The highest BCUT2D eigenvalue weighted by Gasteiger charge is 2.09. The summed E-state index contributed by atoms with van der Waals surface area (Å²) in [5.41, 5.74) is 7.10. The molecule has 0 radical (unpaired) electrons. The standard InChI is InChI=1S/C12H20N2O2/c1-2-7-14-8-3-4-11(14)9-10(13)5-6-12(15)16/h3-4,8,10H,2,5-7,9,13H2,1H3,(H,15,16). The van der Waals surface area contributed by atoms with Crippen LogP contribution in [0, 0.1) is 0 Å². The van der Waals surface area contributed by atoms with E-state index in [1.54, 1.807) is 0 Å². The Bertz CT molecular complexity index is 334. The van der Waals surface area contributed by atoms with Crippen LogP contribution in [0.5, 0.6) is 0 Å². The number of aromatic nitrogens is 1. The first-order valence-electron chi connectivity index (χ1n) is 5.75. The third-order valence-electron chi connectivity index (χ3n) is 2.59. The molecule has 0 aromatic carbocycles. The zero-order valence-corrected chi connectivity index (χ0v) is 9.72. The Labute approximate surface area is 96.1 Å². The van der Waals surface area contributed by atoms with Gasteiger partial charge in [-0.25, -0.2) is 0 Å². The maximum Gasteiger partial charge on any atom is 0.303 e. The molecule has 1 heterocycles. The van der Waals surface area contributed by atoms with E-state index in [9.17, 15) is 4.79 Å². The van der Waals surface area contributed by atoms with Gasteiger partial charge in [0.15, 0.2) is 0 Å². The molecule has 1 atom stereocenters. The highest BCUT2D eigenvalue weighted by Crippen LogP contribution is 2.08. The summed E-state index contributed by atoms with van der Waals surface area (Å²) in [4.78, 5) is 10.4. The van der Waals surface area contributed by atoms with E-state index in [1.165, 1.54) is 5.69 Å². The topological polar surface area (TPSA) is 68.2 Å². The Morgan fingerprint density at radius 3 is 3.00 bits per heavy atom. The quantitative estimate of drug-likeness (QED) is 0.739. The molecule has 0 aliphatic rings. The van der Waals surface area contributed by atoms with Gasteiger partial charge in [-0.1, -0.05) is 6.92 Å². The van der Waals surface area contributed by atoms with Gasteiger partial charge in [-0.2, -0.15) is 0 Å². The summed E-state index contributed by atoms with van der Waals surface area (Å²) >= 11 is 0. The Hall–Kier alpha value is -1.29. The van der Waals surface area contributed by atoms with Gasteiger partial charge in [0.1, 0.15) is 0 Å². The molecule has 0 aliphatic heterocycles. The first kappa shape index (κ1) is 12.8. The van der Waals surface area contributed by atoms with Crippen LogP contribution in [0.3, 0.4) is 0 Å². The molecule has 90 valence electrons. The van der Waals surface area contributed by atoms with Gasteiger partial charge in [-0.05, 0) is 25.0 Å². The summed E-state index contributed by atoms with van der Waals surface area (Å²) in [7, 11) is 0. The van der Waals surface area contributed by atoms with Crippen molar-refractivity contribution in [3.63, 3.8) is 0 Å². The molecular weight excluding hydrogens is 204 g/mol. The van der Waals surface area contributed by atoms with Gasteiger partial charge in [0.25, 0.3) is 0 Å². The van der Waals surface area contributed by atoms with E-state index in [-0.39, 0.29) is 12.5 Å². The van der Waals surface area contributed by atoms with Crippen molar-refractivity contribution in [3.8, 4) is 0 Å². The van der Waals surface area contributed by atoms with Gasteiger partial charge in [0.2, 0.25) is 0 Å². The SMILES string of the molecule is CCCn1cccc1CC(N)CCC(=O)O. The lowest BCUT2D eigenvalue weighted by atomic mass is 10.1. The molecular formula is C12H20N2O2. The van der Waals surface area contributed by atoms with Crippen LogP contribution in [-0.2, 0) is 17.8 Å². The number of carboxylic acids is 1. The Balaban J connectivity index is 2.45. The maximum atomic E-state index is 10.4. The molecule has 1 unspecified atom stereocenters. The van der Waals surface area contributed by atoms with Crippen molar-refractivity contribution < 1.29 is 9.90 Å². The Morgan fingerprint density at radius 1 is 1.62 bits per heavy atom. The number of nitrogens with zero attached hydrogens (tertiary/aromatic N) is 1. The lowest BCUT2D eigenvalue weighted by molar-refractivity contribution is -0.137. The molecule has 4 heteroatoms. The van der Waals surface area contributed by atoms with Crippen LogP contribution in [0.1, 0.15) is 31.9 Å². The van der Waals surface area contributed by atoms with Crippen molar-refractivity contribution in [2.45, 2.75) is 45.2 Å². The first-order chi connectivity index (χ1) is 7.63. The molecule has 1 aromatic rings. The van der Waals surface area contributed by atoms with Crippen LogP contribution in [-0.4, -0.2) is 21.7 Å².